The summed E-state index contributed by atoms with van der Waals surface area (Å²) < 4.78 is 0. The summed E-state index contributed by atoms with van der Waals surface area (Å²) in [5.74, 6) is 0.238. The number of rotatable bonds is 4. The topological polar surface area (TPSA) is 52.5 Å². The largest absolute Gasteiger partial charge is 0.508 e. The van der Waals surface area contributed by atoms with Crippen LogP contribution in [-0.2, 0) is 0 Å². The van der Waals surface area contributed by atoms with Crippen LogP contribution in [0, 0.1) is 0 Å². The quantitative estimate of drug-likeness (QED) is 0.791. The van der Waals surface area contributed by atoms with Crippen LogP contribution in [0.3, 0.4) is 0 Å². The SMILES string of the molecule is CSC1CCCCC1NC(C)c1cc(O)cc(O)c1. The fourth-order valence-corrected chi connectivity index (χ4v) is 3.80. The van der Waals surface area contributed by atoms with E-state index in [9.17, 15) is 10.2 Å². The van der Waals surface area contributed by atoms with Crippen molar-refractivity contribution in [2.24, 2.45) is 0 Å². The lowest BCUT2D eigenvalue weighted by atomic mass is 9.93. The van der Waals surface area contributed by atoms with Gasteiger partial charge >= 0.3 is 0 Å². The van der Waals surface area contributed by atoms with Crippen LogP contribution in [0.4, 0.5) is 0 Å². The van der Waals surface area contributed by atoms with E-state index in [1.165, 1.54) is 31.7 Å². The van der Waals surface area contributed by atoms with Gasteiger partial charge in [0.05, 0.1) is 0 Å². The Bertz CT molecular complexity index is 404. The molecule has 3 unspecified atom stereocenters. The van der Waals surface area contributed by atoms with Gasteiger partial charge in [0.15, 0.2) is 0 Å². The Morgan fingerprint density at radius 1 is 1.16 bits per heavy atom. The lowest BCUT2D eigenvalue weighted by molar-refractivity contribution is 0.355. The zero-order chi connectivity index (χ0) is 13.8. The number of phenolic OH excluding ortho intramolecular Hbond substituents is 2. The average molecular weight is 281 g/mol. The summed E-state index contributed by atoms with van der Waals surface area (Å²) >= 11 is 1.94. The van der Waals surface area contributed by atoms with E-state index < -0.39 is 0 Å². The molecule has 0 radical (unpaired) electrons. The Hall–Kier alpha value is -0.870. The van der Waals surface area contributed by atoms with Crippen molar-refractivity contribution in [2.45, 2.75) is 49.9 Å². The second-order valence-electron chi connectivity index (χ2n) is 5.34. The number of phenols is 2. The summed E-state index contributed by atoms with van der Waals surface area (Å²) in [6.07, 6.45) is 7.27. The predicted octanol–water partition coefficient (Wildman–Crippen LogP) is 3.42. The molecule has 0 amide bonds. The minimum atomic E-state index is 0.119. The molecule has 0 spiro atoms. The van der Waals surface area contributed by atoms with Crippen molar-refractivity contribution in [3.63, 3.8) is 0 Å². The number of aromatic hydroxyl groups is 2. The number of benzene rings is 1. The van der Waals surface area contributed by atoms with E-state index in [0.29, 0.717) is 11.3 Å². The molecule has 0 heterocycles. The van der Waals surface area contributed by atoms with Crippen LogP contribution >= 0.6 is 11.8 Å². The maximum absolute atomic E-state index is 9.55. The van der Waals surface area contributed by atoms with E-state index in [4.69, 9.17) is 0 Å². The molecule has 1 aromatic rings. The molecule has 1 aromatic carbocycles. The second kappa shape index (κ2) is 6.53. The predicted molar refractivity (Wildman–Crippen MR) is 80.9 cm³/mol. The zero-order valence-corrected chi connectivity index (χ0v) is 12.4. The molecule has 3 atom stereocenters. The molecule has 0 aliphatic heterocycles. The highest BCUT2D eigenvalue weighted by molar-refractivity contribution is 7.99. The minimum Gasteiger partial charge on any atom is -0.508 e. The van der Waals surface area contributed by atoms with Gasteiger partial charge in [-0.15, -0.1) is 0 Å². The number of hydrogen-bond acceptors (Lipinski definition) is 4. The molecular formula is C15H23NO2S. The highest BCUT2D eigenvalue weighted by Gasteiger charge is 2.25. The van der Waals surface area contributed by atoms with Gasteiger partial charge < -0.3 is 15.5 Å². The van der Waals surface area contributed by atoms with Crippen molar-refractivity contribution >= 4 is 11.8 Å². The van der Waals surface area contributed by atoms with Gasteiger partial charge in [0.2, 0.25) is 0 Å². The van der Waals surface area contributed by atoms with Gasteiger partial charge in [-0.25, -0.2) is 0 Å². The Morgan fingerprint density at radius 3 is 2.42 bits per heavy atom. The number of thioether (sulfide) groups is 1. The summed E-state index contributed by atoms with van der Waals surface area (Å²) in [6, 6.07) is 5.45. The van der Waals surface area contributed by atoms with E-state index in [-0.39, 0.29) is 17.5 Å². The smallest absolute Gasteiger partial charge is 0.119 e. The van der Waals surface area contributed by atoms with Crippen LogP contribution in [0.15, 0.2) is 18.2 Å². The summed E-state index contributed by atoms with van der Waals surface area (Å²) in [5, 5.41) is 23.4. The monoisotopic (exact) mass is 281 g/mol. The highest BCUT2D eigenvalue weighted by atomic mass is 32.2. The van der Waals surface area contributed by atoms with Crippen molar-refractivity contribution in [1.29, 1.82) is 0 Å². The first-order chi connectivity index (χ1) is 9.10. The zero-order valence-electron chi connectivity index (χ0n) is 11.6. The van der Waals surface area contributed by atoms with E-state index in [0.717, 1.165) is 5.56 Å². The first-order valence-electron chi connectivity index (χ1n) is 6.92. The van der Waals surface area contributed by atoms with E-state index in [2.05, 4.69) is 18.5 Å². The van der Waals surface area contributed by atoms with Crippen LogP contribution < -0.4 is 5.32 Å². The van der Waals surface area contributed by atoms with Gasteiger partial charge in [0.1, 0.15) is 11.5 Å². The van der Waals surface area contributed by atoms with Gasteiger partial charge in [0.25, 0.3) is 0 Å². The van der Waals surface area contributed by atoms with Gasteiger partial charge in [-0.1, -0.05) is 12.8 Å². The molecule has 3 N–H and O–H groups in total. The van der Waals surface area contributed by atoms with Crippen LogP contribution in [0.25, 0.3) is 0 Å². The highest BCUT2D eigenvalue weighted by Crippen LogP contribution is 2.30. The Labute approximate surface area is 119 Å². The third-order valence-corrected chi connectivity index (χ3v) is 5.06. The van der Waals surface area contributed by atoms with Crippen molar-refractivity contribution in [1.82, 2.24) is 5.32 Å². The van der Waals surface area contributed by atoms with Crippen molar-refractivity contribution in [3.8, 4) is 11.5 Å². The van der Waals surface area contributed by atoms with E-state index in [1.807, 2.05) is 11.8 Å². The second-order valence-corrected chi connectivity index (χ2v) is 6.41. The van der Waals surface area contributed by atoms with Crippen LogP contribution in [0.2, 0.25) is 0 Å². The van der Waals surface area contributed by atoms with Gasteiger partial charge in [-0.2, -0.15) is 11.8 Å². The normalized spacial score (nSPS) is 25.2. The third kappa shape index (κ3) is 3.80. The summed E-state index contributed by atoms with van der Waals surface area (Å²) in [6.45, 7) is 2.08. The lowest BCUT2D eigenvalue weighted by Gasteiger charge is -2.33. The molecule has 19 heavy (non-hydrogen) atoms. The Kier molecular flexibility index (Phi) is 4.99. The van der Waals surface area contributed by atoms with Crippen molar-refractivity contribution in [3.05, 3.63) is 23.8 Å². The molecule has 1 saturated carbocycles. The average Bonchev–Trinajstić information content (AvgIpc) is 2.38. The molecule has 2 rings (SSSR count). The summed E-state index contributed by atoms with van der Waals surface area (Å²) in [4.78, 5) is 0. The lowest BCUT2D eigenvalue weighted by Crippen LogP contribution is -2.41. The maximum atomic E-state index is 9.55. The van der Waals surface area contributed by atoms with Crippen molar-refractivity contribution in [2.75, 3.05) is 6.26 Å². The number of hydrogen-bond donors (Lipinski definition) is 3. The molecule has 1 aliphatic rings. The molecule has 0 aromatic heterocycles. The molecule has 1 fully saturated rings. The molecule has 0 bridgehead atoms. The molecule has 1 aliphatic carbocycles. The Balaban J connectivity index is 2.04. The van der Waals surface area contributed by atoms with Crippen LogP contribution in [-0.4, -0.2) is 27.8 Å². The molecule has 3 nitrogen and oxygen atoms in total. The van der Waals surface area contributed by atoms with E-state index in [1.54, 1.807) is 12.1 Å². The van der Waals surface area contributed by atoms with Crippen molar-refractivity contribution < 1.29 is 10.2 Å². The molecule has 4 heteroatoms. The molecule has 0 saturated heterocycles. The molecular weight excluding hydrogens is 258 g/mol. The summed E-state index contributed by atoms with van der Waals surface area (Å²) in [7, 11) is 0. The molecule has 106 valence electrons. The van der Waals surface area contributed by atoms with Gasteiger partial charge in [0, 0.05) is 23.4 Å². The fourth-order valence-electron chi connectivity index (χ4n) is 2.86. The van der Waals surface area contributed by atoms with Gasteiger partial charge in [-0.3, -0.25) is 0 Å². The number of nitrogens with one attached hydrogen (secondary N) is 1. The third-order valence-electron chi connectivity index (χ3n) is 3.89. The maximum Gasteiger partial charge on any atom is 0.119 e. The standard InChI is InChI=1S/C15H23NO2S/c1-10(11-7-12(17)9-13(18)8-11)16-14-5-3-4-6-15(14)19-2/h7-10,14-18H,3-6H2,1-2H3. The first kappa shape index (κ1) is 14.5. The first-order valence-corrected chi connectivity index (χ1v) is 8.20. The Morgan fingerprint density at radius 2 is 1.79 bits per heavy atom. The van der Waals surface area contributed by atoms with E-state index >= 15 is 0 Å². The van der Waals surface area contributed by atoms with Crippen LogP contribution in [0.5, 0.6) is 11.5 Å². The minimum absolute atomic E-state index is 0.119. The fraction of sp³-hybridized carbons (Fsp3) is 0.600. The summed E-state index contributed by atoms with van der Waals surface area (Å²) in [5.41, 5.74) is 0.933. The van der Waals surface area contributed by atoms with Gasteiger partial charge in [-0.05, 0) is 43.7 Å². The van der Waals surface area contributed by atoms with Crippen LogP contribution in [0.1, 0.15) is 44.2 Å².